The Kier molecular flexibility index (Phi) is 6.98. The summed E-state index contributed by atoms with van der Waals surface area (Å²) in [5.41, 5.74) is 4.08. The molecule has 1 heterocycles. The van der Waals surface area contributed by atoms with Gasteiger partial charge in [-0.1, -0.05) is 58.0 Å². The summed E-state index contributed by atoms with van der Waals surface area (Å²) in [5, 5.41) is 3.09. The van der Waals surface area contributed by atoms with Crippen LogP contribution in [-0.4, -0.2) is 40.7 Å². The van der Waals surface area contributed by atoms with Crippen LogP contribution in [-0.2, 0) is 4.79 Å². The van der Waals surface area contributed by atoms with Gasteiger partial charge in [0.1, 0.15) is 0 Å². The number of benzene rings is 2. The molecular formula is C24H28N2O3S. The highest BCUT2D eigenvalue weighted by Crippen LogP contribution is 2.32. The van der Waals surface area contributed by atoms with E-state index >= 15 is 0 Å². The summed E-state index contributed by atoms with van der Waals surface area (Å²) in [6.07, 6.45) is 0. The van der Waals surface area contributed by atoms with Crippen molar-refractivity contribution >= 4 is 35.2 Å². The maximum atomic E-state index is 12.6. The first-order valence-electron chi connectivity index (χ1n) is 10.3. The van der Waals surface area contributed by atoms with E-state index in [1.54, 1.807) is 24.3 Å². The van der Waals surface area contributed by atoms with Crippen LogP contribution in [0.1, 0.15) is 71.4 Å². The van der Waals surface area contributed by atoms with E-state index in [2.05, 4.69) is 45.1 Å². The van der Waals surface area contributed by atoms with Crippen molar-refractivity contribution < 1.29 is 14.4 Å². The van der Waals surface area contributed by atoms with E-state index in [0.29, 0.717) is 35.3 Å². The Balaban J connectivity index is 1.56. The maximum Gasteiger partial charge on any atom is 0.261 e. The van der Waals surface area contributed by atoms with Gasteiger partial charge in [-0.3, -0.25) is 19.3 Å². The van der Waals surface area contributed by atoms with Crippen LogP contribution in [0.25, 0.3) is 0 Å². The molecule has 0 radical (unpaired) electrons. The molecule has 1 N–H and O–H groups in total. The van der Waals surface area contributed by atoms with Gasteiger partial charge in [0.05, 0.1) is 16.9 Å². The van der Waals surface area contributed by atoms with E-state index in [9.17, 15) is 14.4 Å². The minimum atomic E-state index is -0.256. The fourth-order valence-electron chi connectivity index (χ4n) is 3.63. The second kappa shape index (κ2) is 9.47. The molecule has 2 aromatic carbocycles. The first-order chi connectivity index (χ1) is 14.3. The SMILES string of the molecule is CC(C)c1cccc(C(C)C)c1NC(=O)CSCCN1C(=O)c2ccccc2C1=O. The summed E-state index contributed by atoms with van der Waals surface area (Å²) in [5.74, 6) is 0.814. The smallest absolute Gasteiger partial charge is 0.261 e. The zero-order chi connectivity index (χ0) is 21.8. The minimum Gasteiger partial charge on any atom is -0.325 e. The fraction of sp³-hybridized carbons (Fsp3) is 0.375. The molecule has 158 valence electrons. The molecule has 3 rings (SSSR count). The quantitative estimate of drug-likeness (QED) is 0.483. The molecule has 0 fully saturated rings. The first kappa shape index (κ1) is 22.1. The topological polar surface area (TPSA) is 66.5 Å². The molecule has 30 heavy (non-hydrogen) atoms. The number of nitrogens with one attached hydrogen (secondary N) is 1. The van der Waals surface area contributed by atoms with Crippen molar-refractivity contribution in [2.24, 2.45) is 0 Å². The Bertz CT molecular complexity index is 907. The zero-order valence-electron chi connectivity index (χ0n) is 17.9. The highest BCUT2D eigenvalue weighted by Gasteiger charge is 2.34. The molecule has 2 aromatic rings. The van der Waals surface area contributed by atoms with Gasteiger partial charge in [-0.25, -0.2) is 0 Å². The van der Waals surface area contributed by atoms with Crippen molar-refractivity contribution in [2.75, 3.05) is 23.4 Å². The largest absolute Gasteiger partial charge is 0.325 e. The predicted molar refractivity (Wildman–Crippen MR) is 122 cm³/mol. The van der Waals surface area contributed by atoms with Crippen molar-refractivity contribution in [2.45, 2.75) is 39.5 Å². The summed E-state index contributed by atoms with van der Waals surface area (Å²) in [6, 6.07) is 13.0. The van der Waals surface area contributed by atoms with Crippen molar-refractivity contribution in [3.63, 3.8) is 0 Å². The lowest BCUT2D eigenvalue weighted by Gasteiger charge is -2.20. The number of rotatable bonds is 8. The summed E-state index contributed by atoms with van der Waals surface area (Å²) in [6.45, 7) is 8.76. The molecule has 0 saturated carbocycles. The summed E-state index contributed by atoms with van der Waals surface area (Å²) < 4.78 is 0. The van der Waals surface area contributed by atoms with Gasteiger partial charge in [0.15, 0.2) is 0 Å². The molecule has 0 aliphatic carbocycles. The van der Waals surface area contributed by atoms with Gasteiger partial charge in [0, 0.05) is 18.0 Å². The minimum absolute atomic E-state index is 0.0719. The number of carbonyl (C=O) groups excluding carboxylic acids is 3. The third kappa shape index (κ3) is 4.59. The fourth-order valence-corrected chi connectivity index (χ4v) is 4.35. The van der Waals surface area contributed by atoms with Crippen molar-refractivity contribution in [1.82, 2.24) is 4.90 Å². The number of thioether (sulfide) groups is 1. The second-order valence-corrected chi connectivity index (χ2v) is 9.13. The van der Waals surface area contributed by atoms with E-state index < -0.39 is 0 Å². The Morgan fingerprint density at radius 2 is 1.43 bits per heavy atom. The molecule has 5 nitrogen and oxygen atoms in total. The lowest BCUT2D eigenvalue weighted by Crippen LogP contribution is -2.32. The number of para-hydroxylation sites is 1. The third-order valence-corrected chi connectivity index (χ3v) is 6.15. The van der Waals surface area contributed by atoms with Crippen LogP contribution in [0.5, 0.6) is 0 Å². The molecule has 6 heteroatoms. The predicted octanol–water partition coefficient (Wildman–Crippen LogP) is 4.90. The van der Waals surface area contributed by atoms with Gasteiger partial charge in [0.25, 0.3) is 11.8 Å². The Labute approximate surface area is 182 Å². The van der Waals surface area contributed by atoms with Crippen LogP contribution in [0.4, 0.5) is 5.69 Å². The molecule has 0 spiro atoms. The number of imide groups is 1. The molecule has 0 bridgehead atoms. The van der Waals surface area contributed by atoms with Gasteiger partial charge < -0.3 is 5.32 Å². The number of nitrogens with zero attached hydrogens (tertiary/aromatic N) is 1. The highest BCUT2D eigenvalue weighted by atomic mass is 32.2. The Morgan fingerprint density at radius 3 is 1.93 bits per heavy atom. The van der Waals surface area contributed by atoms with Gasteiger partial charge in [0.2, 0.25) is 5.91 Å². The van der Waals surface area contributed by atoms with Crippen molar-refractivity contribution in [3.05, 3.63) is 64.7 Å². The second-order valence-electron chi connectivity index (χ2n) is 8.03. The average molecular weight is 425 g/mol. The number of amides is 3. The van der Waals surface area contributed by atoms with Gasteiger partial charge in [-0.2, -0.15) is 11.8 Å². The molecule has 0 unspecified atom stereocenters. The van der Waals surface area contributed by atoms with E-state index in [-0.39, 0.29) is 23.5 Å². The molecule has 3 amide bonds. The van der Waals surface area contributed by atoms with E-state index in [0.717, 1.165) is 16.8 Å². The van der Waals surface area contributed by atoms with Gasteiger partial charge in [-0.15, -0.1) is 0 Å². The lowest BCUT2D eigenvalue weighted by molar-refractivity contribution is -0.113. The van der Waals surface area contributed by atoms with E-state index in [1.165, 1.54) is 16.7 Å². The number of fused-ring (bicyclic) bond motifs is 1. The van der Waals surface area contributed by atoms with Crippen LogP contribution in [0.3, 0.4) is 0 Å². The zero-order valence-corrected chi connectivity index (χ0v) is 18.7. The monoisotopic (exact) mass is 424 g/mol. The molecule has 1 aliphatic heterocycles. The number of anilines is 1. The molecule has 0 saturated heterocycles. The standard InChI is InChI=1S/C24H28N2O3S/c1-15(2)17-10-7-11-18(16(3)4)22(17)25-21(27)14-30-13-12-26-23(28)19-8-5-6-9-20(19)24(26)29/h5-11,15-16H,12-14H2,1-4H3,(H,25,27). The molecule has 0 aromatic heterocycles. The number of hydrogen-bond donors (Lipinski definition) is 1. The van der Waals surface area contributed by atoms with Gasteiger partial charge in [-0.05, 0) is 35.1 Å². The average Bonchev–Trinajstić information content (AvgIpc) is 2.95. The first-order valence-corrected chi connectivity index (χ1v) is 11.4. The normalized spacial score (nSPS) is 13.3. The maximum absolute atomic E-state index is 12.6. The Morgan fingerprint density at radius 1 is 0.900 bits per heavy atom. The van der Waals surface area contributed by atoms with Crippen LogP contribution in [0, 0.1) is 0 Å². The third-order valence-electron chi connectivity index (χ3n) is 5.21. The van der Waals surface area contributed by atoms with Crippen LogP contribution in [0.2, 0.25) is 0 Å². The summed E-state index contributed by atoms with van der Waals surface area (Å²) in [4.78, 5) is 38.6. The molecular weight excluding hydrogens is 396 g/mol. The summed E-state index contributed by atoms with van der Waals surface area (Å²) >= 11 is 1.42. The van der Waals surface area contributed by atoms with Crippen molar-refractivity contribution in [1.29, 1.82) is 0 Å². The number of hydrogen-bond acceptors (Lipinski definition) is 4. The van der Waals surface area contributed by atoms with E-state index in [4.69, 9.17) is 0 Å². The highest BCUT2D eigenvalue weighted by molar-refractivity contribution is 7.99. The van der Waals surface area contributed by atoms with Gasteiger partial charge >= 0.3 is 0 Å². The summed E-state index contributed by atoms with van der Waals surface area (Å²) in [7, 11) is 0. The Hall–Kier alpha value is -2.60. The van der Waals surface area contributed by atoms with Crippen LogP contribution < -0.4 is 5.32 Å². The van der Waals surface area contributed by atoms with E-state index in [1.807, 2.05) is 6.07 Å². The molecule has 1 aliphatic rings. The van der Waals surface area contributed by atoms with Crippen LogP contribution >= 0.6 is 11.8 Å². The molecule has 0 atom stereocenters. The van der Waals surface area contributed by atoms with Crippen molar-refractivity contribution in [3.8, 4) is 0 Å². The lowest BCUT2D eigenvalue weighted by atomic mass is 9.92. The number of carbonyl (C=O) groups is 3. The van der Waals surface area contributed by atoms with Crippen LogP contribution in [0.15, 0.2) is 42.5 Å².